The van der Waals surface area contributed by atoms with Crippen LogP contribution in [0.2, 0.25) is 0 Å². The van der Waals surface area contributed by atoms with Crippen molar-refractivity contribution in [2.75, 3.05) is 26.9 Å². The predicted octanol–water partition coefficient (Wildman–Crippen LogP) is -0.113. The van der Waals surface area contributed by atoms with Crippen LogP contribution in [0.3, 0.4) is 0 Å². The van der Waals surface area contributed by atoms with Gasteiger partial charge in [-0.05, 0) is 6.42 Å². The second-order valence-electron chi connectivity index (χ2n) is 2.63. The van der Waals surface area contributed by atoms with Crippen molar-refractivity contribution in [3.05, 3.63) is 0 Å². The lowest BCUT2D eigenvalue weighted by Crippen LogP contribution is -2.48. The Bertz CT molecular complexity index is 156. The summed E-state index contributed by atoms with van der Waals surface area (Å²) in [4.78, 5) is 0. The molecule has 12 heavy (non-hydrogen) atoms. The van der Waals surface area contributed by atoms with Gasteiger partial charge in [-0.25, -0.2) is 0 Å². The molecule has 0 fully saturated rings. The van der Waals surface area contributed by atoms with Gasteiger partial charge in [-0.15, -0.1) is 0 Å². The van der Waals surface area contributed by atoms with Crippen molar-refractivity contribution in [3.8, 4) is 6.07 Å². The lowest BCUT2D eigenvalue weighted by atomic mass is 9.99. The molecule has 0 aliphatic heterocycles. The molecule has 0 radical (unpaired) electrons. The maximum absolute atomic E-state index is 8.86. The lowest BCUT2D eigenvalue weighted by molar-refractivity contribution is 0.130. The number of rotatable bonds is 6. The fraction of sp³-hybridized carbons (Fsp3) is 0.875. The summed E-state index contributed by atoms with van der Waals surface area (Å²) in [5.74, 6) is 0. The summed E-state index contributed by atoms with van der Waals surface area (Å²) >= 11 is 0. The number of β-amino-alcohol motifs (C(OH)–C–C–N with tert-alkyl or cyclic N) is 1. The summed E-state index contributed by atoms with van der Waals surface area (Å²) in [7, 11) is 1.56. The summed E-state index contributed by atoms with van der Waals surface area (Å²) < 4.78 is 4.92. The van der Waals surface area contributed by atoms with Gasteiger partial charge in [-0.1, -0.05) is 6.92 Å². The van der Waals surface area contributed by atoms with Crippen molar-refractivity contribution < 1.29 is 9.84 Å². The fourth-order valence-corrected chi connectivity index (χ4v) is 0.971. The van der Waals surface area contributed by atoms with E-state index < -0.39 is 5.54 Å². The van der Waals surface area contributed by atoms with Crippen LogP contribution in [-0.2, 0) is 4.74 Å². The van der Waals surface area contributed by atoms with E-state index in [1.165, 1.54) is 0 Å². The summed E-state index contributed by atoms with van der Waals surface area (Å²) in [5.41, 5.74) is -0.641. The van der Waals surface area contributed by atoms with Crippen LogP contribution in [0.4, 0.5) is 0 Å². The highest BCUT2D eigenvalue weighted by atomic mass is 16.5. The Morgan fingerprint density at radius 3 is 2.67 bits per heavy atom. The Labute approximate surface area is 73.1 Å². The lowest BCUT2D eigenvalue weighted by Gasteiger charge is -2.25. The van der Waals surface area contributed by atoms with E-state index in [1.54, 1.807) is 7.11 Å². The minimum absolute atomic E-state index is 0.0349. The molecule has 0 aliphatic rings. The highest BCUT2D eigenvalue weighted by molar-refractivity contribution is 5.06. The molecule has 4 nitrogen and oxygen atoms in total. The molecule has 0 rings (SSSR count). The second kappa shape index (κ2) is 5.95. The fourth-order valence-electron chi connectivity index (χ4n) is 0.971. The Kier molecular flexibility index (Phi) is 5.64. The van der Waals surface area contributed by atoms with Crippen molar-refractivity contribution in [3.63, 3.8) is 0 Å². The standard InChI is InChI=1S/C8H16N2O2/c1-3-8(6-9,7-12-2)10-4-5-11/h10-11H,3-5,7H2,1-2H3. The van der Waals surface area contributed by atoms with Crippen LogP contribution >= 0.6 is 0 Å². The second-order valence-corrected chi connectivity index (χ2v) is 2.63. The topological polar surface area (TPSA) is 65.3 Å². The average molecular weight is 172 g/mol. The maximum Gasteiger partial charge on any atom is 0.130 e. The van der Waals surface area contributed by atoms with Crippen molar-refractivity contribution >= 4 is 0 Å². The number of nitrogens with zero attached hydrogens (tertiary/aromatic N) is 1. The van der Waals surface area contributed by atoms with Gasteiger partial charge in [0.05, 0.1) is 19.3 Å². The van der Waals surface area contributed by atoms with Crippen LogP contribution in [0.1, 0.15) is 13.3 Å². The number of nitriles is 1. The first-order valence-electron chi connectivity index (χ1n) is 4.00. The van der Waals surface area contributed by atoms with Crippen molar-refractivity contribution in [2.45, 2.75) is 18.9 Å². The maximum atomic E-state index is 8.86. The van der Waals surface area contributed by atoms with Crippen molar-refractivity contribution in [1.82, 2.24) is 5.32 Å². The zero-order valence-corrected chi connectivity index (χ0v) is 7.63. The molecule has 0 amide bonds. The predicted molar refractivity (Wildman–Crippen MR) is 45.6 cm³/mol. The number of hydrogen-bond acceptors (Lipinski definition) is 4. The van der Waals surface area contributed by atoms with Gasteiger partial charge in [-0.2, -0.15) is 5.26 Å². The van der Waals surface area contributed by atoms with Gasteiger partial charge < -0.3 is 9.84 Å². The SMILES string of the molecule is CCC(C#N)(COC)NCCO. The summed E-state index contributed by atoms with van der Waals surface area (Å²) in [6, 6.07) is 2.15. The van der Waals surface area contributed by atoms with E-state index in [0.717, 1.165) is 0 Å². The minimum Gasteiger partial charge on any atom is -0.395 e. The summed E-state index contributed by atoms with van der Waals surface area (Å²) in [5, 5.41) is 20.4. The molecule has 0 aliphatic carbocycles. The summed E-state index contributed by atoms with van der Waals surface area (Å²) in [6.45, 7) is 2.71. The molecule has 1 unspecified atom stereocenters. The molecule has 0 aromatic rings. The number of aliphatic hydroxyl groups is 1. The van der Waals surface area contributed by atoms with E-state index in [9.17, 15) is 0 Å². The molecule has 0 saturated heterocycles. The molecule has 0 aromatic carbocycles. The molecule has 4 heteroatoms. The molecular weight excluding hydrogens is 156 g/mol. The Morgan fingerprint density at radius 1 is 1.67 bits per heavy atom. The van der Waals surface area contributed by atoms with Crippen molar-refractivity contribution in [2.24, 2.45) is 0 Å². The van der Waals surface area contributed by atoms with E-state index in [4.69, 9.17) is 15.1 Å². The van der Waals surface area contributed by atoms with Gasteiger partial charge >= 0.3 is 0 Å². The Balaban J connectivity index is 4.07. The number of aliphatic hydroxyl groups excluding tert-OH is 1. The highest BCUT2D eigenvalue weighted by Gasteiger charge is 2.26. The minimum atomic E-state index is -0.641. The highest BCUT2D eigenvalue weighted by Crippen LogP contribution is 2.08. The Hall–Kier alpha value is -0.630. The van der Waals surface area contributed by atoms with Gasteiger partial charge in [-0.3, -0.25) is 5.32 Å². The number of nitrogens with one attached hydrogen (secondary N) is 1. The molecule has 0 spiro atoms. The van der Waals surface area contributed by atoms with E-state index in [1.807, 2.05) is 6.92 Å². The molecule has 0 aromatic heterocycles. The van der Waals surface area contributed by atoms with Gasteiger partial charge in [0.2, 0.25) is 0 Å². The third kappa shape index (κ3) is 3.18. The molecule has 2 N–H and O–H groups in total. The zero-order valence-electron chi connectivity index (χ0n) is 7.63. The van der Waals surface area contributed by atoms with Gasteiger partial charge in [0.25, 0.3) is 0 Å². The van der Waals surface area contributed by atoms with Crippen LogP contribution in [0.5, 0.6) is 0 Å². The van der Waals surface area contributed by atoms with Crippen LogP contribution in [0, 0.1) is 11.3 Å². The molecule has 0 bridgehead atoms. The van der Waals surface area contributed by atoms with Crippen LogP contribution in [0.25, 0.3) is 0 Å². The average Bonchev–Trinajstić information content (AvgIpc) is 2.13. The van der Waals surface area contributed by atoms with Crippen molar-refractivity contribution in [1.29, 1.82) is 5.26 Å². The van der Waals surface area contributed by atoms with E-state index in [0.29, 0.717) is 19.6 Å². The van der Waals surface area contributed by atoms with Crippen LogP contribution < -0.4 is 5.32 Å². The first kappa shape index (κ1) is 11.4. The van der Waals surface area contributed by atoms with Gasteiger partial charge in [0, 0.05) is 13.7 Å². The monoisotopic (exact) mass is 172 g/mol. The largest absolute Gasteiger partial charge is 0.395 e. The first-order chi connectivity index (χ1) is 5.74. The number of hydrogen-bond donors (Lipinski definition) is 2. The van der Waals surface area contributed by atoms with Gasteiger partial charge in [0.15, 0.2) is 0 Å². The van der Waals surface area contributed by atoms with E-state index in [2.05, 4.69) is 11.4 Å². The third-order valence-corrected chi connectivity index (χ3v) is 1.78. The molecule has 0 heterocycles. The number of ether oxygens (including phenoxy) is 1. The zero-order chi connectivity index (χ0) is 9.45. The molecule has 70 valence electrons. The number of methoxy groups -OCH3 is 1. The third-order valence-electron chi connectivity index (χ3n) is 1.78. The summed E-state index contributed by atoms with van der Waals surface area (Å²) in [6.07, 6.45) is 0.664. The van der Waals surface area contributed by atoms with Gasteiger partial charge in [0.1, 0.15) is 5.54 Å². The smallest absolute Gasteiger partial charge is 0.130 e. The normalized spacial score (nSPS) is 15.2. The van der Waals surface area contributed by atoms with Crippen LogP contribution in [-0.4, -0.2) is 37.5 Å². The Morgan fingerprint density at radius 2 is 2.33 bits per heavy atom. The van der Waals surface area contributed by atoms with Crippen LogP contribution in [0.15, 0.2) is 0 Å². The first-order valence-corrected chi connectivity index (χ1v) is 4.00. The molecule has 1 atom stereocenters. The quantitative estimate of drug-likeness (QED) is 0.586. The van der Waals surface area contributed by atoms with E-state index >= 15 is 0 Å². The molecule has 0 saturated carbocycles. The van der Waals surface area contributed by atoms with E-state index in [-0.39, 0.29) is 6.61 Å². The molecular formula is C8H16N2O2.